The van der Waals surface area contributed by atoms with Crippen molar-refractivity contribution in [3.8, 4) is 0 Å². The van der Waals surface area contributed by atoms with Crippen LogP contribution >= 0.6 is 0 Å². The second kappa shape index (κ2) is 6.67. The van der Waals surface area contributed by atoms with Crippen LogP contribution in [0, 0.1) is 0 Å². The van der Waals surface area contributed by atoms with Crippen molar-refractivity contribution in [2.24, 2.45) is 0 Å². The van der Waals surface area contributed by atoms with E-state index >= 15 is 0 Å². The Hall–Kier alpha value is -2.80. The van der Waals surface area contributed by atoms with Gasteiger partial charge < -0.3 is 5.32 Å². The lowest BCUT2D eigenvalue weighted by Gasteiger charge is -2.30. The molecule has 4 aromatic carbocycles. The molecule has 0 spiro atoms. The summed E-state index contributed by atoms with van der Waals surface area (Å²) in [6.07, 6.45) is 0. The summed E-state index contributed by atoms with van der Waals surface area (Å²) in [5.41, 5.74) is 3.83. The molecule has 0 amide bonds. The minimum atomic E-state index is -0.179. The first-order valence-corrected chi connectivity index (χ1v) is 10.1. The third-order valence-corrected chi connectivity index (χ3v) is 5.69. The molecule has 0 radical (unpaired) electrons. The second-order valence-corrected chi connectivity index (χ2v) is 9.27. The molecule has 0 aromatic heterocycles. The molecule has 1 nitrogen and oxygen atoms in total. The van der Waals surface area contributed by atoms with E-state index in [9.17, 15) is 0 Å². The maximum Gasteiger partial charge on any atom is 0.0569 e. The Bertz CT molecular complexity index is 1130. The van der Waals surface area contributed by atoms with E-state index in [-0.39, 0.29) is 11.0 Å². The monoisotopic (exact) mass is 367 g/mol. The predicted octanol–water partition coefficient (Wildman–Crippen LogP) is 7.64. The van der Waals surface area contributed by atoms with Gasteiger partial charge in [0.05, 0.1) is 5.54 Å². The van der Waals surface area contributed by atoms with Crippen LogP contribution in [0.25, 0.3) is 21.5 Å². The number of nitrogens with one attached hydrogen (secondary N) is 1. The molecule has 1 heteroatoms. The lowest BCUT2D eigenvalue weighted by atomic mass is 9.84. The van der Waals surface area contributed by atoms with E-state index in [4.69, 9.17) is 0 Å². The smallest absolute Gasteiger partial charge is 0.0569 e. The molecule has 0 bridgehead atoms. The summed E-state index contributed by atoms with van der Waals surface area (Å²) in [5, 5.41) is 8.95. The third kappa shape index (κ3) is 3.38. The summed E-state index contributed by atoms with van der Waals surface area (Å²) in [4.78, 5) is 0. The van der Waals surface area contributed by atoms with E-state index in [1.165, 1.54) is 38.4 Å². The van der Waals surface area contributed by atoms with Crippen molar-refractivity contribution in [1.29, 1.82) is 0 Å². The Morgan fingerprint density at radius 3 is 1.89 bits per heavy atom. The third-order valence-electron chi connectivity index (χ3n) is 5.69. The molecule has 0 aliphatic heterocycles. The molecule has 28 heavy (non-hydrogen) atoms. The minimum Gasteiger partial charge on any atom is -0.376 e. The van der Waals surface area contributed by atoms with E-state index in [1.807, 2.05) is 0 Å². The van der Waals surface area contributed by atoms with Gasteiger partial charge in [0, 0.05) is 11.1 Å². The highest BCUT2D eigenvalue weighted by atomic mass is 15.0. The van der Waals surface area contributed by atoms with Crippen molar-refractivity contribution in [1.82, 2.24) is 0 Å². The lowest BCUT2D eigenvalue weighted by Crippen LogP contribution is -2.28. The number of anilines is 1. The highest BCUT2D eigenvalue weighted by molar-refractivity contribution is 6.13. The summed E-state index contributed by atoms with van der Waals surface area (Å²) >= 11 is 0. The van der Waals surface area contributed by atoms with Crippen LogP contribution in [-0.4, -0.2) is 0 Å². The fraction of sp³-hybridized carbons (Fsp3) is 0.259. The van der Waals surface area contributed by atoms with Crippen molar-refractivity contribution in [3.05, 3.63) is 90.0 Å². The zero-order chi connectivity index (χ0) is 19.9. The van der Waals surface area contributed by atoms with Crippen LogP contribution in [0.2, 0.25) is 0 Å². The van der Waals surface area contributed by atoms with Gasteiger partial charge in [-0.15, -0.1) is 0 Å². The van der Waals surface area contributed by atoms with Crippen molar-refractivity contribution in [2.45, 2.75) is 45.6 Å². The van der Waals surface area contributed by atoms with Gasteiger partial charge in [-0.3, -0.25) is 0 Å². The average molecular weight is 368 g/mol. The Morgan fingerprint density at radius 1 is 0.571 bits per heavy atom. The number of benzene rings is 4. The lowest BCUT2D eigenvalue weighted by molar-refractivity contribution is 0.583. The Morgan fingerprint density at radius 2 is 1.18 bits per heavy atom. The second-order valence-electron chi connectivity index (χ2n) is 9.27. The summed E-state index contributed by atoms with van der Waals surface area (Å²) in [5.74, 6) is 0. The molecule has 0 aliphatic rings. The van der Waals surface area contributed by atoms with Crippen LogP contribution in [0.15, 0.2) is 78.9 Å². The van der Waals surface area contributed by atoms with Gasteiger partial charge in [-0.2, -0.15) is 0 Å². The predicted molar refractivity (Wildman–Crippen MR) is 123 cm³/mol. The van der Waals surface area contributed by atoms with Crippen molar-refractivity contribution in [3.63, 3.8) is 0 Å². The van der Waals surface area contributed by atoms with Gasteiger partial charge in [0.2, 0.25) is 0 Å². The largest absolute Gasteiger partial charge is 0.376 e. The van der Waals surface area contributed by atoms with Gasteiger partial charge >= 0.3 is 0 Å². The molecule has 0 aliphatic carbocycles. The maximum absolute atomic E-state index is 3.83. The first kappa shape index (κ1) is 18.6. The molecule has 0 atom stereocenters. The van der Waals surface area contributed by atoms with E-state index in [1.54, 1.807) is 0 Å². The van der Waals surface area contributed by atoms with Crippen LogP contribution in [0.1, 0.15) is 45.7 Å². The standard InChI is InChI=1S/C27H29N/c1-26(2,3)21-15-17-22(18-16-21)27(4,5)28-24-12-8-10-20-14-13-19-9-6-7-11-23(19)25(20)24/h6-18,28H,1-5H3. The number of rotatable bonds is 3. The fourth-order valence-electron chi connectivity index (χ4n) is 3.96. The van der Waals surface area contributed by atoms with E-state index in [0.29, 0.717) is 0 Å². The Labute approximate surface area is 168 Å². The first-order valence-electron chi connectivity index (χ1n) is 10.1. The van der Waals surface area contributed by atoms with Gasteiger partial charge in [-0.25, -0.2) is 0 Å². The fourth-order valence-corrected chi connectivity index (χ4v) is 3.96. The summed E-state index contributed by atoms with van der Waals surface area (Å²) in [7, 11) is 0. The molecule has 142 valence electrons. The minimum absolute atomic E-state index is 0.171. The number of hydrogen-bond donors (Lipinski definition) is 1. The summed E-state index contributed by atoms with van der Waals surface area (Å²) < 4.78 is 0. The van der Waals surface area contributed by atoms with E-state index in [2.05, 4.69) is 119 Å². The molecule has 0 heterocycles. The van der Waals surface area contributed by atoms with Gasteiger partial charge in [-0.05, 0) is 52.6 Å². The zero-order valence-electron chi connectivity index (χ0n) is 17.5. The maximum atomic E-state index is 3.83. The molecule has 0 saturated carbocycles. The van der Waals surface area contributed by atoms with E-state index < -0.39 is 0 Å². The highest BCUT2D eigenvalue weighted by Crippen LogP contribution is 2.35. The van der Waals surface area contributed by atoms with E-state index in [0.717, 1.165) is 0 Å². The molecular weight excluding hydrogens is 338 g/mol. The zero-order valence-corrected chi connectivity index (χ0v) is 17.5. The van der Waals surface area contributed by atoms with Gasteiger partial charge in [0.1, 0.15) is 0 Å². The van der Waals surface area contributed by atoms with Crippen LogP contribution < -0.4 is 5.32 Å². The van der Waals surface area contributed by atoms with Gasteiger partial charge in [0.25, 0.3) is 0 Å². The van der Waals surface area contributed by atoms with Crippen molar-refractivity contribution >= 4 is 27.2 Å². The van der Waals surface area contributed by atoms with Gasteiger partial charge in [0.15, 0.2) is 0 Å². The topological polar surface area (TPSA) is 12.0 Å². The average Bonchev–Trinajstić information content (AvgIpc) is 2.67. The first-order chi connectivity index (χ1) is 13.3. The Kier molecular flexibility index (Phi) is 4.42. The summed E-state index contributed by atoms with van der Waals surface area (Å²) in [6.45, 7) is 11.3. The summed E-state index contributed by atoms with van der Waals surface area (Å²) in [6, 6.07) is 28.6. The van der Waals surface area contributed by atoms with Crippen LogP contribution in [-0.2, 0) is 11.0 Å². The normalized spacial score (nSPS) is 12.5. The van der Waals surface area contributed by atoms with Gasteiger partial charge in [-0.1, -0.05) is 93.6 Å². The molecule has 4 aromatic rings. The number of hydrogen-bond acceptors (Lipinski definition) is 1. The van der Waals surface area contributed by atoms with Crippen molar-refractivity contribution < 1.29 is 0 Å². The molecule has 1 N–H and O–H groups in total. The van der Waals surface area contributed by atoms with Crippen LogP contribution in [0.4, 0.5) is 5.69 Å². The number of fused-ring (bicyclic) bond motifs is 3. The quantitative estimate of drug-likeness (QED) is 0.367. The SMILES string of the molecule is CC(C)(C)c1ccc(C(C)(C)Nc2cccc3ccc4ccccc4c23)cc1. The van der Waals surface area contributed by atoms with Crippen LogP contribution in [0.5, 0.6) is 0 Å². The molecular formula is C27H29N. The molecule has 4 rings (SSSR count). The van der Waals surface area contributed by atoms with Crippen molar-refractivity contribution in [2.75, 3.05) is 5.32 Å². The molecule has 0 saturated heterocycles. The molecule has 0 unspecified atom stereocenters. The highest BCUT2D eigenvalue weighted by Gasteiger charge is 2.22. The molecule has 0 fully saturated rings. The van der Waals surface area contributed by atoms with Crippen LogP contribution in [0.3, 0.4) is 0 Å². The Balaban J connectivity index is 1.77.